The first kappa shape index (κ1) is 13.8. The Kier molecular flexibility index (Phi) is 3.29. The minimum absolute atomic E-state index is 0.0655. The quantitative estimate of drug-likeness (QED) is 0.693. The van der Waals surface area contributed by atoms with E-state index in [0.717, 1.165) is 23.3 Å². The van der Waals surface area contributed by atoms with Crippen LogP contribution in [0.4, 0.5) is 18.9 Å². The number of nitrogens with one attached hydrogen (secondary N) is 1. The van der Waals surface area contributed by atoms with E-state index in [2.05, 4.69) is 9.97 Å². The average Bonchev–Trinajstić information content (AvgIpc) is 2.82. The lowest BCUT2D eigenvalue weighted by Crippen LogP contribution is -2.07. The highest BCUT2D eigenvalue weighted by atomic mass is 32.2. The molecule has 3 aromatic rings. The molecule has 7 heteroatoms. The first-order valence-electron chi connectivity index (χ1n) is 6.03. The van der Waals surface area contributed by atoms with E-state index < -0.39 is 11.7 Å². The Bertz CT molecular complexity index is 763. The molecule has 0 bridgehead atoms. The molecule has 0 radical (unpaired) electrons. The number of aromatic amines is 1. The van der Waals surface area contributed by atoms with E-state index >= 15 is 0 Å². The van der Waals surface area contributed by atoms with Crippen LogP contribution in [0.25, 0.3) is 11.0 Å². The number of nitrogens with two attached hydrogens (primary N) is 1. The Morgan fingerprint density at radius 1 is 1.10 bits per heavy atom. The number of halogens is 3. The summed E-state index contributed by atoms with van der Waals surface area (Å²) in [7, 11) is 0. The van der Waals surface area contributed by atoms with Gasteiger partial charge in [0.05, 0.1) is 16.6 Å². The summed E-state index contributed by atoms with van der Waals surface area (Å²) in [6.07, 6.45) is -4.45. The van der Waals surface area contributed by atoms with Crippen LogP contribution in [-0.2, 0) is 6.18 Å². The van der Waals surface area contributed by atoms with Crippen molar-refractivity contribution in [3.05, 3.63) is 48.0 Å². The highest BCUT2D eigenvalue weighted by Gasteiger charge is 2.34. The van der Waals surface area contributed by atoms with Gasteiger partial charge in [0.15, 0.2) is 5.16 Å². The van der Waals surface area contributed by atoms with Gasteiger partial charge in [-0.25, -0.2) is 4.98 Å². The van der Waals surface area contributed by atoms with Crippen LogP contribution in [0.3, 0.4) is 0 Å². The highest BCUT2D eigenvalue weighted by Crippen LogP contribution is 2.40. The van der Waals surface area contributed by atoms with Crippen molar-refractivity contribution in [1.29, 1.82) is 0 Å². The summed E-state index contributed by atoms with van der Waals surface area (Å²) in [5.74, 6) is 0. The monoisotopic (exact) mass is 309 g/mol. The number of para-hydroxylation sites is 2. The van der Waals surface area contributed by atoms with Crippen molar-refractivity contribution >= 4 is 28.5 Å². The van der Waals surface area contributed by atoms with Gasteiger partial charge >= 0.3 is 6.18 Å². The number of aromatic nitrogens is 2. The molecule has 0 atom stereocenters. The van der Waals surface area contributed by atoms with Crippen molar-refractivity contribution in [3.63, 3.8) is 0 Å². The van der Waals surface area contributed by atoms with E-state index in [1.54, 1.807) is 6.07 Å². The zero-order chi connectivity index (χ0) is 15.0. The van der Waals surface area contributed by atoms with Gasteiger partial charge < -0.3 is 10.7 Å². The van der Waals surface area contributed by atoms with Gasteiger partial charge in [-0.2, -0.15) is 13.2 Å². The fraction of sp³-hybridized carbons (Fsp3) is 0.0714. The summed E-state index contributed by atoms with van der Waals surface area (Å²) < 4.78 is 39.1. The first-order chi connectivity index (χ1) is 9.93. The molecule has 0 unspecified atom stereocenters. The minimum atomic E-state index is -4.45. The lowest BCUT2D eigenvalue weighted by Gasteiger charge is -2.12. The largest absolute Gasteiger partial charge is 0.417 e. The maximum atomic E-state index is 13.0. The Hall–Kier alpha value is -2.15. The third-order valence-corrected chi connectivity index (χ3v) is 3.85. The summed E-state index contributed by atoms with van der Waals surface area (Å²) in [4.78, 5) is 7.32. The Morgan fingerprint density at radius 2 is 1.86 bits per heavy atom. The second-order valence-corrected chi connectivity index (χ2v) is 5.45. The first-order valence-corrected chi connectivity index (χ1v) is 6.84. The van der Waals surface area contributed by atoms with Crippen molar-refractivity contribution in [3.8, 4) is 0 Å². The van der Waals surface area contributed by atoms with Crippen LogP contribution in [0.1, 0.15) is 5.56 Å². The molecular weight excluding hydrogens is 299 g/mol. The molecule has 1 aromatic heterocycles. The van der Waals surface area contributed by atoms with Crippen LogP contribution in [0.2, 0.25) is 0 Å². The maximum absolute atomic E-state index is 13.0. The third kappa shape index (κ3) is 2.82. The number of alkyl halides is 3. The molecule has 2 aromatic carbocycles. The van der Waals surface area contributed by atoms with Gasteiger partial charge in [0.1, 0.15) is 0 Å². The Morgan fingerprint density at radius 3 is 2.57 bits per heavy atom. The number of anilines is 1. The molecule has 3 nitrogen and oxygen atoms in total. The lowest BCUT2D eigenvalue weighted by molar-refractivity contribution is -0.139. The number of hydrogen-bond acceptors (Lipinski definition) is 3. The van der Waals surface area contributed by atoms with Crippen LogP contribution in [0, 0.1) is 0 Å². The molecule has 108 valence electrons. The summed E-state index contributed by atoms with van der Waals surface area (Å²) in [5, 5.41) is 0.409. The van der Waals surface area contributed by atoms with E-state index in [0.29, 0.717) is 10.7 Å². The van der Waals surface area contributed by atoms with Gasteiger partial charge in [-0.1, -0.05) is 23.9 Å². The molecule has 21 heavy (non-hydrogen) atoms. The van der Waals surface area contributed by atoms with Crippen molar-refractivity contribution in [2.45, 2.75) is 16.2 Å². The standard InChI is InChI=1S/C14H10F3N3S/c15-14(16,17)9-7-8(18)5-6-12(9)21-13-19-10-3-1-2-4-11(10)20-13/h1-7H,18H2,(H,19,20). The van der Waals surface area contributed by atoms with Gasteiger partial charge in [0.2, 0.25) is 0 Å². The molecular formula is C14H10F3N3S. The SMILES string of the molecule is Nc1ccc(Sc2nc3ccccc3[nH]2)c(C(F)(F)F)c1. The van der Waals surface area contributed by atoms with E-state index in [1.165, 1.54) is 12.1 Å². The average molecular weight is 309 g/mol. The number of imidazole rings is 1. The number of nitrogens with zero attached hydrogens (tertiary/aromatic N) is 1. The van der Waals surface area contributed by atoms with Crippen molar-refractivity contribution in [2.24, 2.45) is 0 Å². The highest BCUT2D eigenvalue weighted by molar-refractivity contribution is 7.99. The molecule has 0 saturated heterocycles. The molecule has 3 N–H and O–H groups in total. The van der Waals surface area contributed by atoms with Crippen LogP contribution in [0.15, 0.2) is 52.5 Å². The topological polar surface area (TPSA) is 54.7 Å². The summed E-state index contributed by atoms with van der Waals surface area (Å²) >= 11 is 0.933. The smallest absolute Gasteiger partial charge is 0.399 e. The molecule has 1 heterocycles. The Labute approximate surface area is 122 Å². The van der Waals surface area contributed by atoms with Crippen LogP contribution < -0.4 is 5.73 Å². The second kappa shape index (κ2) is 5.00. The molecule has 0 spiro atoms. The Balaban J connectivity index is 2.01. The van der Waals surface area contributed by atoms with Gasteiger partial charge in [-0.3, -0.25) is 0 Å². The molecule has 0 amide bonds. The second-order valence-electron chi connectivity index (χ2n) is 4.41. The van der Waals surface area contributed by atoms with Gasteiger partial charge in [0, 0.05) is 10.6 Å². The molecule has 3 rings (SSSR count). The summed E-state index contributed by atoms with van der Waals surface area (Å²) in [6, 6.07) is 11.0. The summed E-state index contributed by atoms with van der Waals surface area (Å²) in [6.45, 7) is 0. The van der Waals surface area contributed by atoms with Crippen LogP contribution in [0.5, 0.6) is 0 Å². The van der Waals surface area contributed by atoms with Crippen molar-refractivity contribution < 1.29 is 13.2 Å². The normalized spacial score (nSPS) is 12.0. The lowest BCUT2D eigenvalue weighted by atomic mass is 10.2. The van der Waals surface area contributed by atoms with Crippen LogP contribution >= 0.6 is 11.8 Å². The zero-order valence-corrected chi connectivity index (χ0v) is 11.4. The predicted molar refractivity (Wildman–Crippen MR) is 76.1 cm³/mol. The fourth-order valence-corrected chi connectivity index (χ4v) is 2.87. The van der Waals surface area contributed by atoms with E-state index in [9.17, 15) is 13.2 Å². The molecule has 0 fully saturated rings. The molecule has 0 aliphatic heterocycles. The van der Waals surface area contributed by atoms with Crippen molar-refractivity contribution in [1.82, 2.24) is 9.97 Å². The van der Waals surface area contributed by atoms with Crippen LogP contribution in [-0.4, -0.2) is 9.97 Å². The van der Waals surface area contributed by atoms with E-state index in [1.807, 2.05) is 18.2 Å². The summed E-state index contributed by atoms with van der Waals surface area (Å²) in [5.41, 5.74) is 6.26. The van der Waals surface area contributed by atoms with Gasteiger partial charge in [-0.15, -0.1) is 0 Å². The van der Waals surface area contributed by atoms with Crippen molar-refractivity contribution in [2.75, 3.05) is 5.73 Å². The molecule has 0 aliphatic carbocycles. The van der Waals surface area contributed by atoms with E-state index in [4.69, 9.17) is 5.73 Å². The molecule has 0 saturated carbocycles. The minimum Gasteiger partial charge on any atom is -0.399 e. The fourth-order valence-electron chi connectivity index (χ4n) is 1.94. The zero-order valence-electron chi connectivity index (χ0n) is 10.6. The third-order valence-electron chi connectivity index (χ3n) is 2.88. The molecule has 0 aliphatic rings. The number of rotatable bonds is 2. The maximum Gasteiger partial charge on any atom is 0.417 e. The predicted octanol–water partition coefficient (Wildman–Crippen LogP) is 4.32. The number of nitrogen functional groups attached to an aromatic ring is 1. The van der Waals surface area contributed by atoms with E-state index in [-0.39, 0.29) is 10.6 Å². The number of hydrogen-bond donors (Lipinski definition) is 2. The number of fused-ring (bicyclic) bond motifs is 1. The number of H-pyrrole nitrogens is 1. The van der Waals surface area contributed by atoms with Gasteiger partial charge in [-0.05, 0) is 30.3 Å². The number of benzene rings is 2. The van der Waals surface area contributed by atoms with Gasteiger partial charge in [0.25, 0.3) is 0 Å².